The van der Waals surface area contributed by atoms with E-state index in [1.807, 2.05) is 18.2 Å². The van der Waals surface area contributed by atoms with Crippen LogP contribution in [0.25, 0.3) is 0 Å². The predicted molar refractivity (Wildman–Crippen MR) is 122 cm³/mol. The molecule has 2 aromatic rings. The molecule has 0 radical (unpaired) electrons. The van der Waals surface area contributed by atoms with Gasteiger partial charge < -0.3 is 9.84 Å². The Morgan fingerprint density at radius 2 is 1.91 bits per heavy atom. The second kappa shape index (κ2) is 10.6. The molecule has 0 saturated carbocycles. The van der Waals surface area contributed by atoms with E-state index in [1.54, 1.807) is 13.8 Å². The smallest absolute Gasteiger partial charge is 0.248 e. The Kier molecular flexibility index (Phi) is 8.08. The van der Waals surface area contributed by atoms with Crippen molar-refractivity contribution in [2.45, 2.75) is 58.5 Å². The van der Waals surface area contributed by atoms with E-state index in [2.05, 4.69) is 35.3 Å². The van der Waals surface area contributed by atoms with Gasteiger partial charge in [0.05, 0.1) is 5.92 Å². The molecule has 1 aliphatic heterocycles. The summed E-state index contributed by atoms with van der Waals surface area (Å²) in [5.41, 5.74) is 2.63. The first kappa shape index (κ1) is 24.4. The highest BCUT2D eigenvalue weighted by Gasteiger charge is 2.36. The van der Waals surface area contributed by atoms with Crippen molar-refractivity contribution in [3.05, 3.63) is 46.8 Å². The number of sulfonamides is 1. The van der Waals surface area contributed by atoms with Crippen molar-refractivity contribution in [1.82, 2.24) is 19.7 Å². The number of benzene rings is 1. The summed E-state index contributed by atoms with van der Waals surface area (Å²) in [6.45, 7) is 11.3. The number of nitrogens with one attached hydrogen (secondary N) is 1. The van der Waals surface area contributed by atoms with E-state index in [4.69, 9.17) is 4.52 Å². The van der Waals surface area contributed by atoms with Gasteiger partial charge in [0.1, 0.15) is 10.6 Å². The summed E-state index contributed by atoms with van der Waals surface area (Å²) in [7, 11) is -3.75. The van der Waals surface area contributed by atoms with Crippen molar-refractivity contribution in [3.8, 4) is 0 Å². The van der Waals surface area contributed by atoms with Crippen molar-refractivity contribution in [3.63, 3.8) is 0 Å². The predicted octanol–water partition coefficient (Wildman–Crippen LogP) is 2.85. The van der Waals surface area contributed by atoms with Crippen LogP contribution >= 0.6 is 0 Å². The van der Waals surface area contributed by atoms with Crippen molar-refractivity contribution in [2.75, 3.05) is 26.2 Å². The van der Waals surface area contributed by atoms with Gasteiger partial charge in [-0.25, -0.2) is 8.42 Å². The summed E-state index contributed by atoms with van der Waals surface area (Å²) < 4.78 is 32.7. The molecule has 176 valence electrons. The molecule has 1 aromatic carbocycles. The van der Waals surface area contributed by atoms with Crippen molar-refractivity contribution in [1.29, 1.82) is 0 Å². The Balaban J connectivity index is 1.66. The second-order valence-corrected chi connectivity index (χ2v) is 10.2. The highest BCUT2D eigenvalue weighted by atomic mass is 32.2. The zero-order chi connectivity index (χ0) is 23.3. The van der Waals surface area contributed by atoms with E-state index in [0.29, 0.717) is 31.6 Å². The van der Waals surface area contributed by atoms with Crippen LogP contribution in [0.15, 0.2) is 33.7 Å². The molecular weight excluding hydrogens is 428 g/mol. The molecule has 0 spiro atoms. The van der Waals surface area contributed by atoms with Crippen LogP contribution in [-0.4, -0.2) is 54.9 Å². The standard InChI is InChI=1S/C23H34N4O4S/c1-5-26(6-2)15-20-11-8-7-10-19(20)14-24-23(28)21-12-9-13-27(16-21)32(29,30)22-17(3)25-31-18(22)4/h7-8,10-11,21H,5-6,9,12-16H2,1-4H3,(H,24,28). The third-order valence-corrected chi connectivity index (χ3v) is 8.29. The molecule has 0 aliphatic carbocycles. The van der Waals surface area contributed by atoms with Crippen LogP contribution in [0.3, 0.4) is 0 Å². The molecule has 1 amide bonds. The minimum atomic E-state index is -3.75. The highest BCUT2D eigenvalue weighted by molar-refractivity contribution is 7.89. The summed E-state index contributed by atoms with van der Waals surface area (Å²) in [5.74, 6) is -0.214. The van der Waals surface area contributed by atoms with Gasteiger partial charge in [0.2, 0.25) is 15.9 Å². The molecule has 1 unspecified atom stereocenters. The minimum absolute atomic E-state index is 0.110. The van der Waals surface area contributed by atoms with Crippen LogP contribution in [0, 0.1) is 19.8 Å². The number of amides is 1. The van der Waals surface area contributed by atoms with Gasteiger partial charge in [-0.15, -0.1) is 0 Å². The first-order chi connectivity index (χ1) is 15.3. The molecule has 1 atom stereocenters. The van der Waals surface area contributed by atoms with Crippen LogP contribution in [0.4, 0.5) is 0 Å². The molecule has 8 nitrogen and oxygen atoms in total. The number of rotatable bonds is 9. The Bertz CT molecular complexity index is 1010. The lowest BCUT2D eigenvalue weighted by Crippen LogP contribution is -2.45. The second-order valence-electron chi connectivity index (χ2n) is 8.30. The third kappa shape index (κ3) is 5.39. The van der Waals surface area contributed by atoms with E-state index in [0.717, 1.165) is 25.2 Å². The monoisotopic (exact) mass is 462 g/mol. The number of aromatic nitrogens is 1. The van der Waals surface area contributed by atoms with Crippen LogP contribution in [0.2, 0.25) is 0 Å². The molecule has 0 bridgehead atoms. The number of aryl methyl sites for hydroxylation is 2. The Labute approximate surface area is 191 Å². The Morgan fingerprint density at radius 3 is 2.53 bits per heavy atom. The maximum Gasteiger partial charge on any atom is 0.248 e. The first-order valence-electron chi connectivity index (χ1n) is 11.3. The van der Waals surface area contributed by atoms with Gasteiger partial charge in [-0.1, -0.05) is 43.3 Å². The van der Waals surface area contributed by atoms with Crippen molar-refractivity contribution >= 4 is 15.9 Å². The molecule has 2 heterocycles. The molecule has 1 saturated heterocycles. The van der Waals surface area contributed by atoms with E-state index in [9.17, 15) is 13.2 Å². The molecule has 3 rings (SSSR count). The number of carbonyl (C=O) groups excluding carboxylic acids is 1. The van der Waals surface area contributed by atoms with Gasteiger partial charge in [0.25, 0.3) is 0 Å². The molecule has 9 heteroatoms. The summed E-state index contributed by atoms with van der Waals surface area (Å²) in [5, 5.41) is 6.81. The maximum absolute atomic E-state index is 13.1. The number of hydrogen-bond acceptors (Lipinski definition) is 6. The van der Waals surface area contributed by atoms with E-state index in [-0.39, 0.29) is 29.0 Å². The fourth-order valence-electron chi connectivity index (χ4n) is 4.25. The van der Waals surface area contributed by atoms with Gasteiger partial charge >= 0.3 is 0 Å². The molecular formula is C23H34N4O4S. The van der Waals surface area contributed by atoms with Crippen LogP contribution in [0.1, 0.15) is 49.3 Å². The largest absolute Gasteiger partial charge is 0.360 e. The summed E-state index contributed by atoms with van der Waals surface area (Å²) in [6.07, 6.45) is 1.31. The van der Waals surface area contributed by atoms with Crippen LogP contribution in [0.5, 0.6) is 0 Å². The zero-order valence-corrected chi connectivity index (χ0v) is 20.2. The van der Waals surface area contributed by atoms with E-state index >= 15 is 0 Å². The minimum Gasteiger partial charge on any atom is -0.360 e. The van der Waals surface area contributed by atoms with Crippen molar-refractivity contribution in [2.24, 2.45) is 5.92 Å². The molecule has 1 aromatic heterocycles. The van der Waals surface area contributed by atoms with Crippen LogP contribution in [-0.2, 0) is 27.9 Å². The average Bonchev–Trinajstić information content (AvgIpc) is 3.15. The highest BCUT2D eigenvalue weighted by Crippen LogP contribution is 2.27. The Morgan fingerprint density at radius 1 is 1.22 bits per heavy atom. The molecule has 1 N–H and O–H groups in total. The SMILES string of the molecule is CCN(CC)Cc1ccccc1CNC(=O)C1CCCN(S(=O)(=O)c2c(C)noc2C)C1. The number of piperidine rings is 1. The lowest BCUT2D eigenvalue weighted by Gasteiger charge is -2.31. The van der Waals surface area contributed by atoms with E-state index in [1.165, 1.54) is 9.87 Å². The number of carbonyl (C=O) groups is 1. The third-order valence-electron chi connectivity index (χ3n) is 6.18. The number of hydrogen-bond donors (Lipinski definition) is 1. The van der Waals surface area contributed by atoms with E-state index < -0.39 is 10.0 Å². The van der Waals surface area contributed by atoms with Gasteiger partial charge in [0.15, 0.2) is 5.76 Å². The fraction of sp³-hybridized carbons (Fsp3) is 0.565. The van der Waals surface area contributed by atoms with Gasteiger partial charge in [0, 0.05) is 26.2 Å². The summed E-state index contributed by atoms with van der Waals surface area (Å²) in [6, 6.07) is 8.13. The lowest BCUT2D eigenvalue weighted by molar-refractivity contribution is -0.126. The normalized spacial score (nSPS) is 17.6. The molecule has 32 heavy (non-hydrogen) atoms. The summed E-state index contributed by atoms with van der Waals surface area (Å²) in [4.78, 5) is 15.4. The van der Waals surface area contributed by atoms with Crippen LogP contribution < -0.4 is 5.32 Å². The average molecular weight is 463 g/mol. The Hall–Kier alpha value is -2.23. The lowest BCUT2D eigenvalue weighted by atomic mass is 9.98. The number of nitrogens with zero attached hydrogens (tertiary/aromatic N) is 3. The molecule has 1 aliphatic rings. The zero-order valence-electron chi connectivity index (χ0n) is 19.4. The van der Waals surface area contributed by atoms with Crippen molar-refractivity contribution < 1.29 is 17.7 Å². The quantitative estimate of drug-likeness (QED) is 0.616. The van der Waals surface area contributed by atoms with Gasteiger partial charge in [-0.2, -0.15) is 4.31 Å². The topological polar surface area (TPSA) is 95.8 Å². The summed E-state index contributed by atoms with van der Waals surface area (Å²) >= 11 is 0. The van der Waals surface area contributed by atoms with Gasteiger partial charge in [-0.3, -0.25) is 9.69 Å². The first-order valence-corrected chi connectivity index (χ1v) is 12.7. The van der Waals surface area contributed by atoms with Gasteiger partial charge in [-0.05, 0) is 50.9 Å². The fourth-order valence-corrected chi connectivity index (χ4v) is 6.06. The molecule has 1 fully saturated rings. The maximum atomic E-state index is 13.1.